The molecule has 7 heteroatoms. The van der Waals surface area contributed by atoms with Gasteiger partial charge in [-0.2, -0.15) is 0 Å². The van der Waals surface area contributed by atoms with E-state index in [1.807, 2.05) is 0 Å². The van der Waals surface area contributed by atoms with Crippen molar-refractivity contribution in [3.63, 3.8) is 0 Å². The molecule has 4 atom stereocenters. The number of halogens is 1. The first-order valence-electron chi connectivity index (χ1n) is 7.19. The van der Waals surface area contributed by atoms with E-state index in [0.717, 1.165) is 25.7 Å². The van der Waals surface area contributed by atoms with Gasteiger partial charge < -0.3 is 24.9 Å². The van der Waals surface area contributed by atoms with E-state index in [9.17, 15) is 19.8 Å². The van der Waals surface area contributed by atoms with Crippen LogP contribution in [-0.4, -0.2) is 56.9 Å². The van der Waals surface area contributed by atoms with Crippen LogP contribution >= 0.6 is 22.6 Å². The highest BCUT2D eigenvalue weighted by Gasteiger charge is 2.33. The monoisotopic (exact) mass is 416 g/mol. The predicted molar refractivity (Wildman–Crippen MR) is 86.6 cm³/mol. The summed E-state index contributed by atoms with van der Waals surface area (Å²) in [6, 6.07) is 0. The minimum Gasteiger partial charge on any atom is -0.481 e. The maximum Gasteiger partial charge on any atom is 0.303 e. The molecule has 0 saturated heterocycles. The molecule has 0 heterocycles. The van der Waals surface area contributed by atoms with Crippen LogP contribution in [0.15, 0.2) is 0 Å². The molecule has 0 aromatic rings. The number of carboxylic acid groups (broad SMARTS) is 1. The second-order valence-corrected chi connectivity index (χ2v) is 6.47. The van der Waals surface area contributed by atoms with E-state index < -0.39 is 34.4 Å². The van der Waals surface area contributed by atoms with Crippen LogP contribution in [0.1, 0.15) is 39.0 Å². The molecule has 4 unspecified atom stereocenters. The zero-order chi connectivity index (χ0) is 16.3. The molecule has 0 aromatic heterocycles. The second-order valence-electron chi connectivity index (χ2n) is 5.04. The molecular formula is C14H25IO6. The molecular weight excluding hydrogens is 391 g/mol. The number of carbonyl (C=O) groups excluding carboxylic acids is 1. The van der Waals surface area contributed by atoms with E-state index in [-0.39, 0.29) is 6.61 Å². The van der Waals surface area contributed by atoms with Gasteiger partial charge in [-0.15, -0.1) is 0 Å². The summed E-state index contributed by atoms with van der Waals surface area (Å²) < 4.78 is 4.57. The van der Waals surface area contributed by atoms with E-state index in [1.54, 1.807) is 22.6 Å². The van der Waals surface area contributed by atoms with E-state index in [4.69, 9.17) is 9.84 Å². The van der Waals surface area contributed by atoms with E-state index in [0.29, 0.717) is 12.9 Å². The van der Waals surface area contributed by atoms with Crippen molar-refractivity contribution >= 4 is 34.8 Å². The van der Waals surface area contributed by atoms with Gasteiger partial charge in [-0.05, 0) is 6.42 Å². The van der Waals surface area contributed by atoms with Crippen molar-refractivity contribution in [3.05, 3.63) is 0 Å². The Hall–Kier alpha value is -0.250. The Labute approximate surface area is 139 Å². The molecule has 0 aliphatic heterocycles. The third-order valence-corrected chi connectivity index (χ3v) is 4.26. The van der Waals surface area contributed by atoms with Crippen LogP contribution in [0.3, 0.4) is 0 Å². The standard InChI is InChI=1S/C14H25IO6/c1-2-3-4-5-6-21-9-12(17)10(7-13(18)19)14(20)11(15)8-16/h8,10-12,14,17,20H,2-7,9H2,1H3,(H,18,19). The minimum atomic E-state index is -1.21. The van der Waals surface area contributed by atoms with Crippen molar-refractivity contribution in [3.8, 4) is 0 Å². The molecule has 0 aromatic carbocycles. The zero-order valence-electron chi connectivity index (χ0n) is 12.3. The molecule has 0 radical (unpaired) electrons. The lowest BCUT2D eigenvalue weighted by Gasteiger charge is -2.27. The Bertz CT molecular complexity index is 299. The molecule has 0 bridgehead atoms. The molecule has 0 amide bonds. The predicted octanol–water partition coefficient (Wildman–Crippen LogP) is 1.40. The third kappa shape index (κ3) is 9.38. The average molecular weight is 416 g/mol. The summed E-state index contributed by atoms with van der Waals surface area (Å²) >= 11 is 1.72. The van der Waals surface area contributed by atoms with E-state index in [1.165, 1.54) is 0 Å². The Morgan fingerprint density at radius 1 is 1.29 bits per heavy atom. The SMILES string of the molecule is CCCCCCOCC(O)C(CC(=O)O)C(O)C(I)C=O. The maximum atomic E-state index is 10.8. The summed E-state index contributed by atoms with van der Waals surface area (Å²) in [4.78, 5) is 21.5. The molecule has 0 rings (SSSR count). The zero-order valence-corrected chi connectivity index (χ0v) is 14.4. The van der Waals surface area contributed by atoms with E-state index >= 15 is 0 Å². The smallest absolute Gasteiger partial charge is 0.303 e. The largest absolute Gasteiger partial charge is 0.481 e. The number of aliphatic hydroxyl groups excluding tert-OH is 2. The number of carboxylic acids is 1. The van der Waals surface area contributed by atoms with Gasteiger partial charge in [0, 0.05) is 12.5 Å². The van der Waals surface area contributed by atoms with Crippen molar-refractivity contribution in [2.75, 3.05) is 13.2 Å². The lowest BCUT2D eigenvalue weighted by Crippen LogP contribution is -2.41. The van der Waals surface area contributed by atoms with Gasteiger partial charge in [0.1, 0.15) is 6.29 Å². The Kier molecular flexibility index (Phi) is 12.2. The number of carbonyl (C=O) groups is 2. The second kappa shape index (κ2) is 12.3. The van der Waals surface area contributed by atoms with Gasteiger partial charge in [0.25, 0.3) is 0 Å². The first kappa shape index (κ1) is 20.8. The topological polar surface area (TPSA) is 104 Å². The minimum absolute atomic E-state index is 0.0383. The first-order valence-corrected chi connectivity index (χ1v) is 8.43. The van der Waals surface area contributed by atoms with E-state index in [2.05, 4.69) is 6.92 Å². The lowest BCUT2D eigenvalue weighted by molar-refractivity contribution is -0.142. The molecule has 0 aliphatic carbocycles. The van der Waals surface area contributed by atoms with Gasteiger partial charge in [0.05, 0.1) is 29.2 Å². The molecule has 124 valence electrons. The summed E-state index contributed by atoms with van der Waals surface area (Å²) in [6.07, 6.45) is 2.00. The number of alkyl halides is 1. The third-order valence-electron chi connectivity index (χ3n) is 3.23. The highest BCUT2D eigenvalue weighted by Crippen LogP contribution is 2.21. The van der Waals surface area contributed by atoms with Crippen molar-refractivity contribution in [2.24, 2.45) is 5.92 Å². The molecule has 0 saturated carbocycles. The highest BCUT2D eigenvalue weighted by atomic mass is 127. The Morgan fingerprint density at radius 2 is 1.95 bits per heavy atom. The summed E-state index contributed by atoms with van der Waals surface area (Å²) in [5.74, 6) is -2.05. The van der Waals surface area contributed by atoms with Gasteiger partial charge >= 0.3 is 5.97 Å². The van der Waals surface area contributed by atoms with Crippen LogP contribution in [0.25, 0.3) is 0 Å². The normalized spacial score (nSPS) is 17.0. The number of rotatable bonds is 13. The summed E-state index contributed by atoms with van der Waals surface area (Å²) in [5, 5.41) is 28.8. The van der Waals surface area contributed by atoms with Gasteiger partial charge in [-0.1, -0.05) is 48.8 Å². The van der Waals surface area contributed by atoms with Crippen LogP contribution in [0.2, 0.25) is 0 Å². The van der Waals surface area contributed by atoms with Crippen molar-refractivity contribution < 1.29 is 29.6 Å². The van der Waals surface area contributed by atoms with Gasteiger partial charge in [-0.25, -0.2) is 0 Å². The number of aliphatic hydroxyl groups is 2. The van der Waals surface area contributed by atoms with Crippen molar-refractivity contribution in [1.29, 1.82) is 0 Å². The van der Waals surface area contributed by atoms with Gasteiger partial charge in [0.2, 0.25) is 0 Å². The molecule has 6 nitrogen and oxygen atoms in total. The molecule has 21 heavy (non-hydrogen) atoms. The van der Waals surface area contributed by atoms with Crippen LogP contribution < -0.4 is 0 Å². The van der Waals surface area contributed by atoms with Crippen LogP contribution in [-0.2, 0) is 14.3 Å². The Morgan fingerprint density at radius 3 is 2.48 bits per heavy atom. The number of hydrogen-bond acceptors (Lipinski definition) is 5. The fraction of sp³-hybridized carbons (Fsp3) is 0.857. The van der Waals surface area contributed by atoms with Crippen LogP contribution in [0, 0.1) is 5.92 Å². The number of aldehydes is 1. The average Bonchev–Trinajstić information content (AvgIpc) is 2.46. The van der Waals surface area contributed by atoms with Gasteiger partial charge in [-0.3, -0.25) is 4.79 Å². The molecule has 3 N–H and O–H groups in total. The fourth-order valence-electron chi connectivity index (χ4n) is 1.96. The number of ether oxygens (including phenoxy) is 1. The summed E-state index contributed by atoms with van der Waals surface area (Å²) in [6.45, 7) is 2.56. The van der Waals surface area contributed by atoms with Crippen molar-refractivity contribution in [1.82, 2.24) is 0 Å². The summed E-state index contributed by atoms with van der Waals surface area (Å²) in [7, 11) is 0. The molecule has 0 spiro atoms. The number of unbranched alkanes of at least 4 members (excludes halogenated alkanes) is 3. The maximum absolute atomic E-state index is 10.8. The Balaban J connectivity index is 4.28. The quantitative estimate of drug-likeness (QED) is 0.182. The fourth-order valence-corrected chi connectivity index (χ4v) is 2.49. The molecule has 0 fully saturated rings. The summed E-state index contributed by atoms with van der Waals surface area (Å²) in [5.41, 5.74) is 0. The van der Waals surface area contributed by atoms with Crippen molar-refractivity contribution in [2.45, 2.75) is 55.2 Å². The van der Waals surface area contributed by atoms with Crippen LogP contribution in [0.5, 0.6) is 0 Å². The van der Waals surface area contributed by atoms with Gasteiger partial charge in [0.15, 0.2) is 0 Å². The first-order chi connectivity index (χ1) is 9.93. The van der Waals surface area contributed by atoms with Crippen LogP contribution in [0.4, 0.5) is 0 Å². The highest BCUT2D eigenvalue weighted by molar-refractivity contribution is 14.1. The molecule has 0 aliphatic rings. The number of hydrogen-bond donors (Lipinski definition) is 3. The number of aliphatic carboxylic acids is 1. The lowest BCUT2D eigenvalue weighted by atomic mass is 9.91.